The van der Waals surface area contributed by atoms with Gasteiger partial charge in [-0.1, -0.05) is 51.2 Å². The molecule has 0 radical (unpaired) electrons. The minimum Gasteiger partial charge on any atom is -0.380 e. The molecule has 2 unspecified atom stereocenters. The van der Waals surface area contributed by atoms with Crippen LogP contribution >= 0.6 is 0 Å². The molecule has 1 aliphatic heterocycles. The fourth-order valence-electron chi connectivity index (χ4n) is 5.59. The van der Waals surface area contributed by atoms with Gasteiger partial charge in [-0.25, -0.2) is 0 Å². The van der Waals surface area contributed by atoms with Crippen molar-refractivity contribution in [3.05, 3.63) is 24.3 Å². The van der Waals surface area contributed by atoms with Crippen molar-refractivity contribution in [2.24, 2.45) is 11.3 Å². The topological polar surface area (TPSA) is 57.2 Å². The average Bonchev–Trinajstić information content (AvgIpc) is 3.29. The van der Waals surface area contributed by atoms with Gasteiger partial charge in [-0.2, -0.15) is 0 Å². The second kappa shape index (κ2) is 8.89. The van der Waals surface area contributed by atoms with Crippen molar-refractivity contribution in [1.29, 1.82) is 0 Å². The van der Waals surface area contributed by atoms with Crippen LogP contribution < -0.4 is 0 Å². The summed E-state index contributed by atoms with van der Waals surface area (Å²) in [7, 11) is 0.103. The van der Waals surface area contributed by atoms with Gasteiger partial charge in [0.25, 0.3) is 0 Å². The van der Waals surface area contributed by atoms with E-state index in [1.54, 1.807) is 7.11 Å². The van der Waals surface area contributed by atoms with E-state index >= 15 is 0 Å². The van der Waals surface area contributed by atoms with Crippen molar-refractivity contribution in [1.82, 2.24) is 0 Å². The first-order valence-corrected chi connectivity index (χ1v) is 14.6. The molecule has 2 fully saturated rings. The summed E-state index contributed by atoms with van der Waals surface area (Å²) in [6.07, 6.45) is 7.27. The molecule has 0 amide bonds. The van der Waals surface area contributed by atoms with Crippen LogP contribution in [-0.2, 0) is 18.9 Å². The number of ether oxygens (including phenoxy) is 4. The smallest absolute Gasteiger partial charge is 0.174 e. The molecule has 6 heteroatoms. The molecule has 1 heterocycles. The number of methoxy groups -OCH3 is 1. The Morgan fingerprint density at radius 3 is 2.67 bits per heavy atom. The Morgan fingerprint density at radius 2 is 2.07 bits per heavy atom. The van der Waals surface area contributed by atoms with E-state index in [2.05, 4.69) is 50.7 Å². The van der Waals surface area contributed by atoms with Crippen molar-refractivity contribution in [2.45, 2.75) is 76.2 Å². The van der Waals surface area contributed by atoms with Gasteiger partial charge in [0.05, 0.1) is 18.8 Å². The normalized spacial score (nSPS) is 33.5. The van der Waals surface area contributed by atoms with Gasteiger partial charge in [-0.15, -0.1) is 5.54 Å². The highest BCUT2D eigenvalue weighted by Gasteiger charge is 2.67. The zero-order valence-electron chi connectivity index (χ0n) is 19.3. The lowest BCUT2D eigenvalue weighted by Gasteiger charge is -2.53. The molecule has 1 saturated heterocycles. The summed E-state index contributed by atoms with van der Waals surface area (Å²) >= 11 is 0. The van der Waals surface area contributed by atoms with Gasteiger partial charge in [-0.3, -0.25) is 0 Å². The number of hydrogen-bond donors (Lipinski definition) is 1. The van der Waals surface area contributed by atoms with Crippen LogP contribution in [0.15, 0.2) is 24.3 Å². The lowest BCUT2D eigenvalue weighted by Crippen LogP contribution is -2.56. The molecule has 1 spiro atoms. The lowest BCUT2D eigenvalue weighted by molar-refractivity contribution is -0.247. The number of allylic oxidation sites excluding steroid dienone is 1. The summed E-state index contributed by atoms with van der Waals surface area (Å²) in [4.78, 5) is 0. The summed E-state index contributed by atoms with van der Waals surface area (Å²) in [5, 5.41) is 10.6. The standard InChI is InChI=1S/C24H38O5Si/c1-7-19-8-12-22(2)21(10-14-24(22)27-15-16-28-24)23(19,29-18-26-3)13-9-20(25)11-17-30(4,5)6/h7-8,20-21,25H,1,9-10,12-16,18H2,2-6H3/t20?,21?,22-,23+/m0/s1. The summed E-state index contributed by atoms with van der Waals surface area (Å²) in [6, 6.07) is 0. The SMILES string of the molecule is C=CC1=CC[C@@]2(C)C(CCC23OCCO3)[C@]1(CCC(O)C#C[Si](C)(C)C)OCOC. The molecule has 3 rings (SSSR count). The fraction of sp³-hybridized carbons (Fsp3) is 0.750. The Hall–Kier alpha value is -0.943. The monoisotopic (exact) mass is 434 g/mol. The molecule has 0 bridgehead atoms. The van der Waals surface area contributed by atoms with Crippen molar-refractivity contribution >= 4 is 8.07 Å². The zero-order valence-corrected chi connectivity index (χ0v) is 20.3. The van der Waals surface area contributed by atoms with Crippen LogP contribution in [0.2, 0.25) is 19.6 Å². The summed E-state index contributed by atoms with van der Waals surface area (Å²) in [6.45, 7) is 14.3. The summed E-state index contributed by atoms with van der Waals surface area (Å²) < 4.78 is 24.2. The van der Waals surface area contributed by atoms with E-state index in [0.29, 0.717) is 26.1 Å². The van der Waals surface area contributed by atoms with E-state index in [1.807, 2.05) is 6.08 Å². The summed E-state index contributed by atoms with van der Waals surface area (Å²) in [5.74, 6) is 2.69. The van der Waals surface area contributed by atoms with E-state index in [4.69, 9.17) is 18.9 Å². The van der Waals surface area contributed by atoms with Crippen molar-refractivity contribution in [3.63, 3.8) is 0 Å². The fourth-order valence-corrected chi connectivity index (χ4v) is 6.19. The molecule has 2 aliphatic carbocycles. The largest absolute Gasteiger partial charge is 0.380 e. The van der Waals surface area contributed by atoms with Gasteiger partial charge in [0.1, 0.15) is 21.0 Å². The predicted octanol–water partition coefficient (Wildman–Crippen LogP) is 4.04. The van der Waals surface area contributed by atoms with E-state index < -0.39 is 25.6 Å². The van der Waals surface area contributed by atoms with E-state index in [9.17, 15) is 5.11 Å². The zero-order chi connectivity index (χ0) is 22.0. The molecule has 1 N–H and O–H groups in total. The Bertz CT molecular complexity index is 724. The highest BCUT2D eigenvalue weighted by atomic mass is 28.3. The van der Waals surface area contributed by atoms with Crippen molar-refractivity contribution in [3.8, 4) is 11.5 Å². The van der Waals surface area contributed by atoms with Gasteiger partial charge in [-0.05, 0) is 31.3 Å². The minimum atomic E-state index is -1.54. The molecule has 4 atom stereocenters. The quantitative estimate of drug-likeness (QED) is 0.372. The molecule has 3 aliphatic rings. The molecule has 30 heavy (non-hydrogen) atoms. The van der Waals surface area contributed by atoms with Gasteiger partial charge >= 0.3 is 0 Å². The third kappa shape index (κ3) is 4.21. The van der Waals surface area contributed by atoms with Crippen molar-refractivity contribution in [2.75, 3.05) is 27.1 Å². The number of rotatable bonds is 7. The first-order valence-electron chi connectivity index (χ1n) is 11.1. The average molecular weight is 435 g/mol. The van der Waals surface area contributed by atoms with Crippen LogP contribution in [0.3, 0.4) is 0 Å². The lowest BCUT2D eigenvalue weighted by atomic mass is 9.59. The molecule has 1 saturated carbocycles. The molecule has 0 aromatic heterocycles. The van der Waals surface area contributed by atoms with E-state index in [-0.39, 0.29) is 18.1 Å². The van der Waals surface area contributed by atoms with E-state index in [1.165, 1.54) is 0 Å². The van der Waals surface area contributed by atoms with Crippen LogP contribution in [0.1, 0.15) is 39.0 Å². The van der Waals surface area contributed by atoms with Gasteiger partial charge < -0.3 is 24.1 Å². The Balaban J connectivity index is 1.93. The highest BCUT2D eigenvalue weighted by Crippen LogP contribution is 2.64. The maximum absolute atomic E-state index is 10.6. The Kier molecular flexibility index (Phi) is 7.03. The molecule has 168 valence electrons. The van der Waals surface area contributed by atoms with Crippen LogP contribution in [0.4, 0.5) is 0 Å². The van der Waals surface area contributed by atoms with Gasteiger partial charge in [0.2, 0.25) is 0 Å². The molecular weight excluding hydrogens is 396 g/mol. The maximum atomic E-state index is 10.6. The summed E-state index contributed by atoms with van der Waals surface area (Å²) in [5.41, 5.74) is 3.54. The van der Waals surface area contributed by atoms with Gasteiger partial charge in [0.15, 0.2) is 5.79 Å². The number of aliphatic hydroxyl groups is 1. The van der Waals surface area contributed by atoms with Crippen molar-refractivity contribution < 1.29 is 24.1 Å². The Morgan fingerprint density at radius 1 is 1.37 bits per heavy atom. The Labute approximate surface area is 182 Å². The van der Waals surface area contributed by atoms with Crippen LogP contribution in [0.25, 0.3) is 0 Å². The first-order chi connectivity index (χ1) is 14.1. The highest BCUT2D eigenvalue weighted by molar-refractivity contribution is 6.83. The third-order valence-corrected chi connectivity index (χ3v) is 7.90. The second-order valence-electron chi connectivity index (χ2n) is 10.0. The first kappa shape index (κ1) is 23.7. The number of fused-ring (bicyclic) bond motifs is 2. The number of aliphatic hydroxyl groups excluding tert-OH is 1. The molecule has 0 aromatic carbocycles. The van der Waals surface area contributed by atoms with E-state index in [0.717, 1.165) is 24.8 Å². The molecular formula is C24H38O5Si. The predicted molar refractivity (Wildman–Crippen MR) is 120 cm³/mol. The third-order valence-electron chi connectivity index (χ3n) is 7.01. The molecule has 5 nitrogen and oxygen atoms in total. The van der Waals surface area contributed by atoms with Crippen LogP contribution in [0, 0.1) is 22.8 Å². The minimum absolute atomic E-state index is 0.174. The van der Waals surface area contributed by atoms with Gasteiger partial charge in [0, 0.05) is 24.9 Å². The molecule has 0 aromatic rings. The van der Waals surface area contributed by atoms with Crippen LogP contribution in [-0.4, -0.2) is 57.8 Å². The van der Waals surface area contributed by atoms with Crippen LogP contribution in [0.5, 0.6) is 0 Å². The number of hydrogen-bond acceptors (Lipinski definition) is 5. The maximum Gasteiger partial charge on any atom is 0.174 e. The second-order valence-corrected chi connectivity index (χ2v) is 14.8.